The van der Waals surface area contributed by atoms with Crippen LogP contribution in [0.3, 0.4) is 0 Å². The van der Waals surface area contributed by atoms with E-state index in [-0.39, 0.29) is 21.1 Å². The van der Waals surface area contributed by atoms with Gasteiger partial charge in [0.25, 0.3) is 0 Å². The number of pyridine rings is 2. The van der Waals surface area contributed by atoms with Crippen molar-refractivity contribution in [3.63, 3.8) is 0 Å². The number of fused-ring (bicyclic) bond motifs is 2. The van der Waals surface area contributed by atoms with E-state index in [4.69, 9.17) is 5.11 Å². The minimum absolute atomic E-state index is 0. The average molecular weight is 711 g/mol. The Morgan fingerprint density at radius 3 is 1.54 bits per heavy atom. The van der Waals surface area contributed by atoms with Crippen molar-refractivity contribution in [2.75, 3.05) is 0 Å². The molecule has 1 N–H and O–H groups in total. The van der Waals surface area contributed by atoms with Crippen molar-refractivity contribution in [3.05, 3.63) is 151 Å². The van der Waals surface area contributed by atoms with Gasteiger partial charge in [-0.05, 0) is 56.9 Å². The van der Waals surface area contributed by atoms with Crippen LogP contribution < -0.4 is 0 Å². The zero-order valence-corrected chi connectivity index (χ0v) is 24.7. The summed E-state index contributed by atoms with van der Waals surface area (Å²) in [6, 6.07) is 45.9. The summed E-state index contributed by atoms with van der Waals surface area (Å²) in [5.74, 6) is 0.305. The summed E-state index contributed by atoms with van der Waals surface area (Å²) in [4.78, 5) is 9.33. The van der Waals surface area contributed by atoms with Crippen LogP contribution in [-0.4, -0.2) is 15.1 Å². The molecular weight excluding hydrogens is 683 g/mol. The first-order chi connectivity index (χ1) is 19.7. The van der Waals surface area contributed by atoms with Gasteiger partial charge in [0.05, 0.1) is 0 Å². The molecule has 5 aromatic carbocycles. The molecule has 0 unspecified atom stereocenters. The van der Waals surface area contributed by atoms with Crippen molar-refractivity contribution in [2.45, 2.75) is 6.92 Å². The van der Waals surface area contributed by atoms with Gasteiger partial charge in [-0.25, -0.2) is 0 Å². The third-order valence-electron chi connectivity index (χ3n) is 6.85. The molecule has 4 heteroatoms. The molecule has 0 saturated heterocycles. The molecule has 0 atom stereocenters. The maximum absolute atomic E-state index is 9.10. The number of phenols is 1. The van der Waals surface area contributed by atoms with Crippen molar-refractivity contribution in [1.82, 2.24) is 9.97 Å². The van der Waals surface area contributed by atoms with Crippen molar-refractivity contribution in [1.29, 1.82) is 0 Å². The fourth-order valence-corrected chi connectivity index (χ4v) is 4.92. The quantitative estimate of drug-likeness (QED) is 0.186. The number of rotatable bonds is 3. The second kappa shape index (κ2) is 12.7. The number of hydrogen-bond donors (Lipinski definition) is 1. The van der Waals surface area contributed by atoms with Gasteiger partial charge in [-0.2, -0.15) is 0 Å². The van der Waals surface area contributed by atoms with Crippen LogP contribution in [0.5, 0.6) is 5.75 Å². The maximum atomic E-state index is 9.10. The fourth-order valence-electron chi connectivity index (χ4n) is 4.92. The fraction of sp³-hybridized carbons (Fsp3) is 0.0270. The predicted octanol–water partition coefficient (Wildman–Crippen LogP) is 9.28. The smallest absolute Gasteiger partial charge is 0.115 e. The van der Waals surface area contributed by atoms with E-state index in [2.05, 4.69) is 83.6 Å². The van der Waals surface area contributed by atoms with Gasteiger partial charge in [0.1, 0.15) is 5.75 Å². The van der Waals surface area contributed by atoms with E-state index in [0.29, 0.717) is 5.75 Å². The number of aromatic nitrogens is 2. The summed E-state index contributed by atoms with van der Waals surface area (Å²) in [6.45, 7) is 2.11. The van der Waals surface area contributed by atoms with Gasteiger partial charge in [0.15, 0.2) is 0 Å². The normalized spacial score (nSPS) is 10.5. The maximum Gasteiger partial charge on any atom is 0.115 e. The summed E-state index contributed by atoms with van der Waals surface area (Å²) >= 11 is 0. The second-order valence-electron chi connectivity index (χ2n) is 9.66. The van der Waals surface area contributed by atoms with Crippen LogP contribution in [0.1, 0.15) is 5.56 Å². The van der Waals surface area contributed by atoms with E-state index in [9.17, 15) is 0 Å². The molecular formula is C37H27N2OPt-. The van der Waals surface area contributed by atoms with E-state index in [1.54, 1.807) is 12.1 Å². The Morgan fingerprint density at radius 1 is 0.537 bits per heavy atom. The van der Waals surface area contributed by atoms with Crippen LogP contribution in [0.15, 0.2) is 140 Å². The summed E-state index contributed by atoms with van der Waals surface area (Å²) in [5.41, 5.74) is 7.37. The molecule has 0 aliphatic heterocycles. The number of phenolic OH excluding ortho intramolecular Hbond substituents is 1. The molecule has 0 amide bonds. The third-order valence-corrected chi connectivity index (χ3v) is 6.85. The van der Waals surface area contributed by atoms with Crippen molar-refractivity contribution < 1.29 is 26.2 Å². The van der Waals surface area contributed by atoms with Crippen molar-refractivity contribution in [2.24, 2.45) is 0 Å². The van der Waals surface area contributed by atoms with Gasteiger partial charge >= 0.3 is 0 Å². The van der Waals surface area contributed by atoms with Gasteiger partial charge in [-0.1, -0.05) is 109 Å². The molecule has 7 aromatic rings. The molecule has 0 aliphatic carbocycles. The molecule has 0 saturated carbocycles. The Morgan fingerprint density at radius 2 is 1.00 bits per heavy atom. The Bertz CT molecular complexity index is 1810. The average Bonchev–Trinajstić information content (AvgIpc) is 3.01. The number of hydrogen-bond acceptors (Lipinski definition) is 3. The van der Waals surface area contributed by atoms with Crippen molar-refractivity contribution >= 4 is 21.5 Å². The molecule has 0 radical (unpaired) electrons. The predicted molar refractivity (Wildman–Crippen MR) is 165 cm³/mol. The van der Waals surface area contributed by atoms with E-state index in [0.717, 1.165) is 38.9 Å². The van der Waals surface area contributed by atoms with Gasteiger partial charge in [-0.15, -0.1) is 23.8 Å². The van der Waals surface area contributed by atoms with Crippen LogP contribution in [0.4, 0.5) is 0 Å². The Hall–Kier alpha value is -4.59. The topological polar surface area (TPSA) is 46.0 Å². The molecule has 41 heavy (non-hydrogen) atoms. The zero-order valence-electron chi connectivity index (χ0n) is 22.4. The number of aromatic hydroxyl groups is 1. The van der Waals surface area contributed by atoms with E-state index < -0.39 is 0 Å². The second-order valence-corrected chi connectivity index (χ2v) is 9.66. The summed E-state index contributed by atoms with van der Waals surface area (Å²) in [5, 5.41) is 13.7. The minimum atomic E-state index is 0. The van der Waals surface area contributed by atoms with E-state index in [1.807, 2.05) is 67.0 Å². The molecule has 0 aliphatic rings. The number of benzene rings is 5. The van der Waals surface area contributed by atoms with Crippen LogP contribution in [0.25, 0.3) is 55.2 Å². The van der Waals surface area contributed by atoms with Crippen LogP contribution >= 0.6 is 0 Å². The largest absolute Gasteiger partial charge is 0.508 e. The number of aryl methyl sites for hydroxylation is 1. The molecule has 2 aromatic heterocycles. The van der Waals surface area contributed by atoms with Gasteiger partial charge in [0.2, 0.25) is 0 Å². The molecule has 0 bridgehead atoms. The third kappa shape index (κ3) is 6.27. The van der Waals surface area contributed by atoms with Gasteiger partial charge < -0.3 is 5.11 Å². The summed E-state index contributed by atoms with van der Waals surface area (Å²) in [7, 11) is 0. The Balaban J connectivity index is 0.000000204. The minimum Gasteiger partial charge on any atom is -0.508 e. The molecule has 0 fully saturated rings. The monoisotopic (exact) mass is 710 g/mol. The molecule has 202 valence electrons. The van der Waals surface area contributed by atoms with Crippen LogP contribution in [0.2, 0.25) is 0 Å². The number of nitrogens with zero attached hydrogens (tertiary/aromatic N) is 2. The first kappa shape index (κ1) is 28.0. The first-order valence-electron chi connectivity index (χ1n) is 13.2. The molecule has 7 rings (SSSR count). The first-order valence-corrected chi connectivity index (χ1v) is 13.2. The SMILES string of the molecule is Cc1cc(-c2nccc3ccccc23)[c-]c(-c2nccc3ccccc23)c1.Oc1ccc(-c2ccccc2)cc1.[Pt]. The van der Waals surface area contributed by atoms with Crippen LogP contribution in [-0.2, 0) is 21.1 Å². The van der Waals surface area contributed by atoms with E-state index >= 15 is 0 Å². The molecule has 0 spiro atoms. The zero-order chi connectivity index (χ0) is 27.3. The molecule has 3 nitrogen and oxygen atoms in total. The summed E-state index contributed by atoms with van der Waals surface area (Å²) < 4.78 is 0. The van der Waals surface area contributed by atoms with Crippen LogP contribution in [0, 0.1) is 13.0 Å². The molecule has 2 heterocycles. The van der Waals surface area contributed by atoms with Crippen molar-refractivity contribution in [3.8, 4) is 39.4 Å². The Labute approximate surface area is 254 Å². The van der Waals surface area contributed by atoms with E-state index in [1.165, 1.54) is 21.9 Å². The summed E-state index contributed by atoms with van der Waals surface area (Å²) in [6.07, 6.45) is 3.73. The standard InChI is InChI=1S/C25H17N2.C12H10O.Pt/c1-17-14-20(24-22-8-4-2-6-18(22)10-12-26-24)16-21(15-17)25-23-9-5-3-7-19(23)11-13-27-25;13-12-8-6-11(7-9-12)10-4-2-1-3-5-10;/h2-15H,1H3;1-9,13H;/q-1;;. The Kier molecular flexibility index (Phi) is 8.67. The van der Waals surface area contributed by atoms with Gasteiger partial charge in [0, 0.05) is 44.8 Å². The van der Waals surface area contributed by atoms with Gasteiger partial charge in [-0.3, -0.25) is 9.97 Å².